The zero-order valence-corrected chi connectivity index (χ0v) is 17.5. The van der Waals surface area contributed by atoms with Crippen LogP contribution in [0.2, 0.25) is 0 Å². The molecule has 30 heavy (non-hydrogen) atoms. The fraction of sp³-hybridized carbons (Fsp3) is 0.190. The first-order chi connectivity index (χ1) is 14.5. The molecule has 0 bridgehead atoms. The largest absolute Gasteiger partial charge is 0.479 e. The molecule has 1 saturated heterocycles. The normalized spacial score (nSPS) is 17.5. The van der Waals surface area contributed by atoms with E-state index < -0.39 is 12.1 Å². The number of hydrogen-bond donors (Lipinski definition) is 1. The summed E-state index contributed by atoms with van der Waals surface area (Å²) in [4.78, 5) is 26.2. The van der Waals surface area contributed by atoms with Gasteiger partial charge in [-0.3, -0.25) is 9.69 Å². The molecule has 1 atom stereocenters. The van der Waals surface area contributed by atoms with Crippen molar-refractivity contribution in [2.24, 2.45) is 0 Å². The molecule has 2 heterocycles. The van der Waals surface area contributed by atoms with Crippen LogP contribution in [0.1, 0.15) is 18.9 Å². The first kappa shape index (κ1) is 20.2. The van der Waals surface area contributed by atoms with Crippen molar-refractivity contribution in [1.82, 2.24) is 0 Å². The predicted octanol–water partition coefficient (Wildman–Crippen LogP) is 4.06. The van der Waals surface area contributed by atoms with Gasteiger partial charge in [-0.05, 0) is 30.7 Å². The van der Waals surface area contributed by atoms with E-state index in [9.17, 15) is 14.7 Å². The number of benzene rings is 2. The summed E-state index contributed by atoms with van der Waals surface area (Å²) in [6, 6.07) is 12.2. The van der Waals surface area contributed by atoms with Crippen LogP contribution >= 0.6 is 24.0 Å². The Labute approximate surface area is 182 Å². The van der Waals surface area contributed by atoms with Gasteiger partial charge in [0.2, 0.25) is 6.79 Å². The SMILES string of the molecule is CCC(Oc1ccccc1/C=C1/SC(=S)N(c2ccc3c(c2)OCO3)C1=O)C(=O)O. The number of anilines is 1. The molecule has 7 nitrogen and oxygen atoms in total. The van der Waals surface area contributed by atoms with Crippen LogP contribution in [0.5, 0.6) is 17.2 Å². The Morgan fingerprint density at radius 1 is 1.30 bits per heavy atom. The molecular weight excluding hydrogens is 426 g/mol. The molecule has 0 spiro atoms. The fourth-order valence-electron chi connectivity index (χ4n) is 3.02. The molecule has 1 fully saturated rings. The number of carbonyl (C=O) groups is 2. The van der Waals surface area contributed by atoms with Gasteiger partial charge in [0.1, 0.15) is 5.75 Å². The minimum absolute atomic E-state index is 0.142. The second kappa shape index (κ2) is 8.37. The molecule has 9 heteroatoms. The Bertz CT molecular complexity index is 1070. The first-order valence-corrected chi connectivity index (χ1v) is 10.4. The van der Waals surface area contributed by atoms with Gasteiger partial charge in [0.25, 0.3) is 5.91 Å². The molecule has 4 rings (SSSR count). The zero-order valence-electron chi connectivity index (χ0n) is 15.9. The third kappa shape index (κ3) is 3.86. The maximum Gasteiger partial charge on any atom is 0.344 e. The van der Waals surface area contributed by atoms with Crippen molar-refractivity contribution < 1.29 is 28.9 Å². The van der Waals surface area contributed by atoms with Crippen LogP contribution in [-0.4, -0.2) is 34.2 Å². The lowest BCUT2D eigenvalue weighted by Gasteiger charge is -2.15. The summed E-state index contributed by atoms with van der Waals surface area (Å²) in [5.74, 6) is 0.253. The van der Waals surface area contributed by atoms with Gasteiger partial charge >= 0.3 is 5.97 Å². The van der Waals surface area contributed by atoms with Gasteiger partial charge in [-0.25, -0.2) is 4.79 Å². The lowest BCUT2D eigenvalue weighted by Crippen LogP contribution is -2.27. The highest BCUT2D eigenvalue weighted by atomic mass is 32.2. The van der Waals surface area contributed by atoms with Crippen molar-refractivity contribution in [2.45, 2.75) is 19.4 Å². The minimum atomic E-state index is -1.04. The second-order valence-corrected chi connectivity index (χ2v) is 8.12. The maximum atomic E-state index is 13.1. The van der Waals surface area contributed by atoms with Gasteiger partial charge in [-0.2, -0.15) is 0 Å². The van der Waals surface area contributed by atoms with Crippen LogP contribution in [0, 0.1) is 0 Å². The number of hydrogen-bond acceptors (Lipinski definition) is 7. The standard InChI is InChI=1S/C21H17NO6S2/c1-2-14(20(24)25)28-15-6-4-3-5-12(15)9-18-19(23)22(21(29)30-18)13-7-8-16-17(10-13)27-11-26-16/h3-10,14H,2,11H2,1H3,(H,24,25)/b18-9+. The molecule has 0 aliphatic carbocycles. The molecule has 1 amide bonds. The zero-order chi connectivity index (χ0) is 21.3. The topological polar surface area (TPSA) is 85.3 Å². The first-order valence-electron chi connectivity index (χ1n) is 9.14. The van der Waals surface area contributed by atoms with Crippen molar-refractivity contribution in [3.8, 4) is 17.2 Å². The highest BCUT2D eigenvalue weighted by Crippen LogP contribution is 2.41. The number of carbonyl (C=O) groups excluding carboxylic acids is 1. The fourth-order valence-corrected chi connectivity index (χ4v) is 4.31. The Hall–Kier alpha value is -3.04. The van der Waals surface area contributed by atoms with E-state index in [4.69, 9.17) is 26.4 Å². The van der Waals surface area contributed by atoms with E-state index in [1.165, 1.54) is 16.7 Å². The summed E-state index contributed by atoms with van der Waals surface area (Å²) in [7, 11) is 0. The Morgan fingerprint density at radius 2 is 2.07 bits per heavy atom. The number of aliphatic carboxylic acids is 1. The number of thioether (sulfide) groups is 1. The van der Waals surface area contributed by atoms with Gasteiger partial charge in [0.05, 0.1) is 10.6 Å². The van der Waals surface area contributed by atoms with E-state index in [0.29, 0.717) is 44.1 Å². The summed E-state index contributed by atoms with van der Waals surface area (Å²) in [6.07, 6.45) is 1.01. The molecule has 2 aromatic carbocycles. The number of thiocarbonyl (C=S) groups is 1. The average Bonchev–Trinajstić information content (AvgIpc) is 3.30. The Morgan fingerprint density at radius 3 is 2.83 bits per heavy atom. The predicted molar refractivity (Wildman–Crippen MR) is 117 cm³/mol. The van der Waals surface area contributed by atoms with Crippen molar-refractivity contribution in [3.63, 3.8) is 0 Å². The maximum absolute atomic E-state index is 13.1. The Kier molecular flexibility index (Phi) is 5.65. The molecule has 0 radical (unpaired) electrons. The molecule has 154 valence electrons. The summed E-state index contributed by atoms with van der Waals surface area (Å²) >= 11 is 6.59. The van der Waals surface area contributed by atoms with Gasteiger partial charge in [0.15, 0.2) is 21.9 Å². The molecular formula is C21H17NO6S2. The van der Waals surface area contributed by atoms with Crippen LogP contribution in [0.15, 0.2) is 47.4 Å². The number of rotatable bonds is 6. The lowest BCUT2D eigenvalue weighted by atomic mass is 10.1. The minimum Gasteiger partial charge on any atom is -0.479 e. The molecule has 1 N–H and O–H groups in total. The van der Waals surface area contributed by atoms with E-state index in [1.807, 2.05) is 0 Å². The smallest absolute Gasteiger partial charge is 0.344 e. The number of carboxylic acids is 1. The number of nitrogens with zero attached hydrogens (tertiary/aromatic N) is 1. The van der Waals surface area contributed by atoms with Gasteiger partial charge in [0, 0.05) is 11.6 Å². The van der Waals surface area contributed by atoms with Crippen molar-refractivity contribution in [3.05, 3.63) is 52.9 Å². The highest BCUT2D eigenvalue weighted by molar-refractivity contribution is 8.27. The summed E-state index contributed by atoms with van der Waals surface area (Å²) in [5, 5.41) is 9.27. The van der Waals surface area contributed by atoms with Crippen molar-refractivity contribution in [1.29, 1.82) is 0 Å². The molecule has 2 aliphatic heterocycles. The molecule has 2 aliphatic rings. The monoisotopic (exact) mass is 443 g/mol. The van der Waals surface area contributed by atoms with Gasteiger partial charge < -0.3 is 19.3 Å². The van der Waals surface area contributed by atoms with Crippen LogP contribution in [0.4, 0.5) is 5.69 Å². The summed E-state index contributed by atoms with van der Waals surface area (Å²) in [5.41, 5.74) is 1.19. The lowest BCUT2D eigenvalue weighted by molar-refractivity contribution is -0.145. The van der Waals surface area contributed by atoms with E-state index in [0.717, 1.165) is 0 Å². The van der Waals surface area contributed by atoms with Gasteiger partial charge in [-0.1, -0.05) is 49.1 Å². The number of ether oxygens (including phenoxy) is 3. The highest BCUT2D eigenvalue weighted by Gasteiger charge is 2.34. The quantitative estimate of drug-likeness (QED) is 0.528. The van der Waals surface area contributed by atoms with Crippen LogP contribution < -0.4 is 19.1 Å². The number of fused-ring (bicyclic) bond motifs is 1. The van der Waals surface area contributed by atoms with Gasteiger partial charge in [-0.15, -0.1) is 0 Å². The average molecular weight is 444 g/mol. The van der Waals surface area contributed by atoms with Crippen LogP contribution in [0.25, 0.3) is 6.08 Å². The summed E-state index contributed by atoms with van der Waals surface area (Å²) in [6.45, 7) is 1.88. The number of amides is 1. The number of para-hydroxylation sites is 1. The summed E-state index contributed by atoms with van der Waals surface area (Å²) < 4.78 is 16.7. The van der Waals surface area contributed by atoms with Crippen molar-refractivity contribution in [2.75, 3.05) is 11.7 Å². The van der Waals surface area contributed by atoms with Crippen LogP contribution in [-0.2, 0) is 9.59 Å². The second-order valence-electron chi connectivity index (χ2n) is 6.45. The third-order valence-electron chi connectivity index (χ3n) is 4.53. The third-order valence-corrected chi connectivity index (χ3v) is 5.83. The van der Waals surface area contributed by atoms with Crippen LogP contribution in [0.3, 0.4) is 0 Å². The molecule has 1 unspecified atom stereocenters. The van der Waals surface area contributed by atoms with E-state index in [1.54, 1.807) is 55.5 Å². The Balaban J connectivity index is 1.62. The van der Waals surface area contributed by atoms with E-state index in [-0.39, 0.29) is 12.7 Å². The molecule has 2 aromatic rings. The van der Waals surface area contributed by atoms with E-state index in [2.05, 4.69) is 0 Å². The molecule has 0 aromatic heterocycles. The molecule has 0 saturated carbocycles. The van der Waals surface area contributed by atoms with Crippen molar-refractivity contribution >= 4 is 51.9 Å². The number of carboxylic acid groups (broad SMARTS) is 1. The van der Waals surface area contributed by atoms with E-state index >= 15 is 0 Å².